The van der Waals surface area contributed by atoms with Crippen molar-refractivity contribution in [2.45, 2.75) is 45.2 Å². The number of nitrogens with one attached hydrogen (secondary N) is 3. The maximum absolute atomic E-state index is 12.9. The monoisotopic (exact) mass is 429 g/mol. The van der Waals surface area contributed by atoms with E-state index in [4.69, 9.17) is 14.2 Å². The molecule has 0 saturated carbocycles. The summed E-state index contributed by atoms with van der Waals surface area (Å²) in [4.78, 5) is 25.1. The second-order valence-corrected chi connectivity index (χ2v) is 7.90. The summed E-state index contributed by atoms with van der Waals surface area (Å²) >= 11 is 0. The van der Waals surface area contributed by atoms with Crippen LogP contribution in [0.4, 0.5) is 5.69 Å². The fourth-order valence-corrected chi connectivity index (χ4v) is 2.70. The molecule has 168 valence electrons. The highest BCUT2D eigenvalue weighted by atomic mass is 16.7. The van der Waals surface area contributed by atoms with Crippen molar-refractivity contribution >= 4 is 17.6 Å². The smallest absolute Gasteiger partial charge is 0.338 e. The first-order valence-corrected chi connectivity index (χ1v) is 9.96. The van der Waals surface area contributed by atoms with E-state index in [2.05, 4.69) is 16.2 Å². The van der Waals surface area contributed by atoms with Crippen molar-refractivity contribution in [3.8, 4) is 0 Å². The van der Waals surface area contributed by atoms with E-state index in [0.29, 0.717) is 17.7 Å². The van der Waals surface area contributed by atoms with Crippen LogP contribution in [0.2, 0.25) is 0 Å². The number of rotatable bonds is 10. The Bertz CT molecular complexity index is 831. The number of hydrogen-bond donors (Lipinski definition) is 3. The van der Waals surface area contributed by atoms with E-state index in [-0.39, 0.29) is 5.91 Å². The Hall–Kier alpha value is -2.78. The zero-order valence-corrected chi connectivity index (χ0v) is 18.6. The first-order valence-electron chi connectivity index (χ1n) is 9.96. The molecule has 8 nitrogen and oxygen atoms in total. The van der Waals surface area contributed by atoms with E-state index in [9.17, 15) is 9.59 Å². The van der Waals surface area contributed by atoms with Crippen LogP contribution in [0.3, 0.4) is 0 Å². The lowest BCUT2D eigenvalue weighted by Crippen LogP contribution is -2.53. The third kappa shape index (κ3) is 8.47. The topological polar surface area (TPSA) is 97.9 Å². The maximum Gasteiger partial charge on any atom is 0.338 e. The van der Waals surface area contributed by atoms with Crippen molar-refractivity contribution in [1.82, 2.24) is 10.9 Å². The highest BCUT2D eigenvalue weighted by Gasteiger charge is 2.21. The van der Waals surface area contributed by atoms with Gasteiger partial charge in [0.1, 0.15) is 11.6 Å². The van der Waals surface area contributed by atoms with Crippen LogP contribution >= 0.6 is 0 Å². The van der Waals surface area contributed by atoms with Gasteiger partial charge in [-0.15, -0.1) is 0 Å². The van der Waals surface area contributed by atoms with Crippen LogP contribution in [-0.2, 0) is 25.4 Å². The highest BCUT2D eigenvalue weighted by molar-refractivity contribution is 5.96. The predicted octanol–water partition coefficient (Wildman–Crippen LogP) is 2.86. The van der Waals surface area contributed by atoms with Gasteiger partial charge in [-0.3, -0.25) is 4.79 Å². The molecule has 0 saturated heterocycles. The largest absolute Gasteiger partial charge is 0.456 e. The minimum absolute atomic E-state index is 0.257. The van der Waals surface area contributed by atoms with Crippen molar-refractivity contribution in [3.05, 3.63) is 65.7 Å². The van der Waals surface area contributed by atoms with Crippen LogP contribution in [0, 0.1) is 0 Å². The quantitative estimate of drug-likeness (QED) is 0.303. The first-order chi connectivity index (χ1) is 14.7. The molecular formula is C23H31N3O5. The molecular weight excluding hydrogens is 398 g/mol. The van der Waals surface area contributed by atoms with Gasteiger partial charge in [0, 0.05) is 19.9 Å². The molecule has 0 aliphatic heterocycles. The summed E-state index contributed by atoms with van der Waals surface area (Å²) in [7, 11) is 2.97. The van der Waals surface area contributed by atoms with Gasteiger partial charge in [0.2, 0.25) is 12.3 Å². The summed E-state index contributed by atoms with van der Waals surface area (Å²) in [5.74, 6) is -0.671. The minimum Gasteiger partial charge on any atom is -0.456 e. The highest BCUT2D eigenvalue weighted by Crippen LogP contribution is 2.15. The van der Waals surface area contributed by atoms with E-state index < -0.39 is 24.0 Å². The Morgan fingerprint density at radius 1 is 0.903 bits per heavy atom. The number of hydrogen-bond acceptors (Lipinski definition) is 7. The van der Waals surface area contributed by atoms with Crippen LogP contribution in [-0.4, -0.2) is 44.2 Å². The Kier molecular flexibility index (Phi) is 9.14. The lowest BCUT2D eigenvalue weighted by Gasteiger charge is -2.22. The van der Waals surface area contributed by atoms with Crippen LogP contribution in [0.5, 0.6) is 0 Å². The number of hydrazine groups is 1. The number of carbonyl (C=O) groups is 2. The van der Waals surface area contributed by atoms with E-state index in [0.717, 1.165) is 5.56 Å². The van der Waals surface area contributed by atoms with Gasteiger partial charge in [0.15, 0.2) is 0 Å². The number of carbonyl (C=O) groups excluding carboxylic acids is 2. The second-order valence-electron chi connectivity index (χ2n) is 7.90. The predicted molar refractivity (Wildman–Crippen MR) is 118 cm³/mol. The van der Waals surface area contributed by atoms with Gasteiger partial charge in [-0.1, -0.05) is 30.3 Å². The fraction of sp³-hybridized carbons (Fsp3) is 0.391. The van der Waals surface area contributed by atoms with Crippen molar-refractivity contribution in [3.63, 3.8) is 0 Å². The normalized spacial score (nSPS) is 12.5. The van der Waals surface area contributed by atoms with Gasteiger partial charge in [0.25, 0.3) is 0 Å². The molecule has 0 aliphatic carbocycles. The summed E-state index contributed by atoms with van der Waals surface area (Å²) in [6.45, 7) is 5.43. The molecule has 0 unspecified atom stereocenters. The van der Waals surface area contributed by atoms with Crippen molar-refractivity contribution < 1.29 is 23.8 Å². The average Bonchev–Trinajstić information content (AvgIpc) is 2.73. The summed E-state index contributed by atoms with van der Waals surface area (Å²) in [5.41, 5.74) is 7.19. The molecule has 3 N–H and O–H groups in total. The van der Waals surface area contributed by atoms with Crippen LogP contribution < -0.4 is 16.2 Å². The molecule has 0 aliphatic rings. The van der Waals surface area contributed by atoms with Crippen molar-refractivity contribution in [2.75, 3.05) is 19.5 Å². The minimum atomic E-state index is -0.709. The second kappa shape index (κ2) is 11.6. The zero-order chi connectivity index (χ0) is 22.9. The van der Waals surface area contributed by atoms with E-state index in [1.165, 1.54) is 14.2 Å². The molecule has 0 spiro atoms. The molecule has 2 rings (SSSR count). The Morgan fingerprint density at radius 2 is 1.52 bits per heavy atom. The average molecular weight is 430 g/mol. The molecule has 31 heavy (non-hydrogen) atoms. The molecule has 1 amide bonds. The molecule has 2 aromatic rings. The van der Waals surface area contributed by atoms with Crippen LogP contribution in [0.15, 0.2) is 54.6 Å². The molecule has 0 heterocycles. The number of anilines is 1. The fourth-order valence-electron chi connectivity index (χ4n) is 2.70. The Morgan fingerprint density at radius 3 is 2.06 bits per heavy atom. The van der Waals surface area contributed by atoms with Gasteiger partial charge in [-0.2, -0.15) is 0 Å². The van der Waals surface area contributed by atoms with Gasteiger partial charge >= 0.3 is 5.97 Å². The van der Waals surface area contributed by atoms with E-state index >= 15 is 0 Å². The van der Waals surface area contributed by atoms with Gasteiger partial charge in [0.05, 0.1) is 5.56 Å². The zero-order valence-electron chi connectivity index (χ0n) is 18.6. The van der Waals surface area contributed by atoms with E-state index in [1.54, 1.807) is 24.3 Å². The summed E-state index contributed by atoms with van der Waals surface area (Å²) in [6.07, 6.45) is -0.269. The molecule has 1 atom stereocenters. The molecule has 0 fully saturated rings. The lowest BCUT2D eigenvalue weighted by atomic mass is 10.1. The third-order valence-corrected chi connectivity index (χ3v) is 4.19. The summed E-state index contributed by atoms with van der Waals surface area (Å²) < 4.78 is 15.6. The van der Waals surface area contributed by atoms with Crippen LogP contribution in [0.25, 0.3) is 0 Å². The van der Waals surface area contributed by atoms with E-state index in [1.807, 2.05) is 51.1 Å². The summed E-state index contributed by atoms with van der Waals surface area (Å²) in [6, 6.07) is 15.6. The standard InChI is InChI=1S/C23H31N3O5/c1-23(2,3)31-21(28)17-11-13-18(14-12-17)24-20(27)19(25-26-22(29-4)30-5)15-16-9-7-6-8-10-16/h6-14,19,22,25-26H,15H2,1-5H3,(H,24,27)/t19-/m0/s1. The number of methoxy groups -OCH3 is 2. The first kappa shape index (κ1) is 24.5. The number of esters is 1. The van der Waals surface area contributed by atoms with Gasteiger partial charge in [-0.25, -0.2) is 15.6 Å². The maximum atomic E-state index is 12.9. The van der Waals surface area contributed by atoms with Crippen molar-refractivity contribution in [2.24, 2.45) is 0 Å². The molecule has 0 bridgehead atoms. The molecule has 0 radical (unpaired) electrons. The van der Waals surface area contributed by atoms with Gasteiger partial charge in [-0.05, 0) is 57.0 Å². The number of amides is 1. The Balaban J connectivity index is 2.06. The lowest BCUT2D eigenvalue weighted by molar-refractivity contribution is -0.136. The summed E-state index contributed by atoms with van der Waals surface area (Å²) in [5, 5.41) is 2.86. The van der Waals surface area contributed by atoms with Crippen molar-refractivity contribution in [1.29, 1.82) is 0 Å². The SMILES string of the molecule is COC(NN[C@@H](Cc1ccccc1)C(=O)Nc1ccc(C(=O)OC(C)(C)C)cc1)OC. The molecule has 0 aromatic heterocycles. The third-order valence-electron chi connectivity index (χ3n) is 4.19. The number of ether oxygens (including phenoxy) is 3. The van der Waals surface area contributed by atoms with Gasteiger partial charge < -0.3 is 19.5 Å². The molecule has 8 heteroatoms. The molecule has 2 aromatic carbocycles. The van der Waals surface area contributed by atoms with Crippen LogP contribution in [0.1, 0.15) is 36.7 Å². The Labute approximate surface area is 183 Å². The number of benzene rings is 2.